The molecule has 0 spiro atoms. The van der Waals surface area contributed by atoms with E-state index in [0.717, 1.165) is 18.5 Å². The summed E-state index contributed by atoms with van der Waals surface area (Å²) in [5.74, 6) is -0.257. The largest absolute Gasteiger partial charge is 0.394 e. The Balaban J connectivity index is 2.00. The molecule has 0 heterocycles. The normalized spacial score (nSPS) is 28.6. The van der Waals surface area contributed by atoms with Gasteiger partial charge in [-0.15, -0.1) is 0 Å². The Bertz CT molecular complexity index is 347. The predicted molar refractivity (Wildman–Crippen MR) is 59.9 cm³/mol. The van der Waals surface area contributed by atoms with E-state index >= 15 is 0 Å². The van der Waals surface area contributed by atoms with Crippen LogP contribution in [0.1, 0.15) is 12.8 Å². The van der Waals surface area contributed by atoms with Gasteiger partial charge in [0.2, 0.25) is 0 Å². The van der Waals surface area contributed by atoms with Crippen LogP contribution in [0.5, 0.6) is 0 Å². The van der Waals surface area contributed by atoms with Gasteiger partial charge in [-0.25, -0.2) is 4.39 Å². The molecular weight excluding hydrogens is 209 g/mol. The van der Waals surface area contributed by atoms with E-state index in [4.69, 9.17) is 4.74 Å². The molecule has 0 aromatic heterocycles. The van der Waals surface area contributed by atoms with Crippen molar-refractivity contribution in [3.8, 4) is 0 Å². The van der Waals surface area contributed by atoms with Crippen LogP contribution in [-0.4, -0.2) is 30.5 Å². The molecule has 1 fully saturated rings. The fourth-order valence-electron chi connectivity index (χ4n) is 2.09. The first kappa shape index (κ1) is 11.4. The lowest BCUT2D eigenvalue weighted by molar-refractivity contribution is -0.0256. The summed E-state index contributed by atoms with van der Waals surface area (Å²) in [7, 11) is 1.67. The van der Waals surface area contributed by atoms with E-state index in [-0.39, 0.29) is 24.1 Å². The van der Waals surface area contributed by atoms with Gasteiger partial charge in [-0.1, -0.05) is 0 Å². The second-order valence-electron chi connectivity index (χ2n) is 4.34. The van der Waals surface area contributed by atoms with Gasteiger partial charge in [0.1, 0.15) is 5.82 Å². The van der Waals surface area contributed by atoms with Gasteiger partial charge in [-0.3, -0.25) is 0 Å². The van der Waals surface area contributed by atoms with Gasteiger partial charge in [0.25, 0.3) is 0 Å². The van der Waals surface area contributed by atoms with Crippen molar-refractivity contribution in [2.75, 3.05) is 19.0 Å². The highest BCUT2D eigenvalue weighted by Gasteiger charge is 2.44. The fraction of sp³-hybridized carbons (Fsp3) is 0.500. The molecule has 2 rings (SSSR count). The Morgan fingerprint density at radius 2 is 2.06 bits per heavy atom. The van der Waals surface area contributed by atoms with E-state index in [1.54, 1.807) is 19.2 Å². The molecule has 0 radical (unpaired) electrons. The van der Waals surface area contributed by atoms with Crippen LogP contribution in [-0.2, 0) is 4.74 Å². The molecular formula is C12H16FNO2. The minimum atomic E-state index is -0.307. The first-order valence-corrected chi connectivity index (χ1v) is 5.35. The number of halogens is 1. The topological polar surface area (TPSA) is 41.5 Å². The molecule has 0 saturated heterocycles. The Morgan fingerprint density at radius 3 is 2.56 bits per heavy atom. The van der Waals surface area contributed by atoms with Gasteiger partial charge in [-0.05, 0) is 37.1 Å². The lowest BCUT2D eigenvalue weighted by Gasteiger charge is -2.46. The zero-order chi connectivity index (χ0) is 11.6. The molecule has 3 nitrogen and oxygen atoms in total. The molecule has 16 heavy (non-hydrogen) atoms. The summed E-state index contributed by atoms with van der Waals surface area (Å²) < 4.78 is 17.9. The molecule has 0 bridgehead atoms. The maximum atomic E-state index is 12.7. The van der Waals surface area contributed by atoms with Crippen molar-refractivity contribution in [3.05, 3.63) is 30.1 Å². The highest BCUT2D eigenvalue weighted by molar-refractivity contribution is 5.46. The van der Waals surface area contributed by atoms with Crippen LogP contribution in [0.2, 0.25) is 0 Å². The van der Waals surface area contributed by atoms with E-state index in [0.29, 0.717) is 0 Å². The second-order valence-corrected chi connectivity index (χ2v) is 4.34. The van der Waals surface area contributed by atoms with Gasteiger partial charge in [0.15, 0.2) is 0 Å². The molecule has 1 aliphatic carbocycles. The first-order chi connectivity index (χ1) is 7.67. The van der Waals surface area contributed by atoms with Gasteiger partial charge in [-0.2, -0.15) is 0 Å². The van der Waals surface area contributed by atoms with Gasteiger partial charge >= 0.3 is 0 Å². The minimum Gasteiger partial charge on any atom is -0.394 e. The summed E-state index contributed by atoms with van der Waals surface area (Å²) in [6.07, 6.45) is 1.76. The van der Waals surface area contributed by atoms with Gasteiger partial charge in [0, 0.05) is 12.8 Å². The van der Waals surface area contributed by atoms with Crippen LogP contribution < -0.4 is 5.32 Å². The third-order valence-corrected chi connectivity index (χ3v) is 3.13. The van der Waals surface area contributed by atoms with E-state index < -0.39 is 0 Å². The van der Waals surface area contributed by atoms with E-state index in [9.17, 15) is 9.50 Å². The van der Waals surface area contributed by atoms with Crippen LogP contribution in [0, 0.1) is 5.82 Å². The Hall–Kier alpha value is -1.13. The predicted octanol–water partition coefficient (Wildman–Crippen LogP) is 1.78. The minimum absolute atomic E-state index is 0.0598. The molecule has 0 amide bonds. The number of rotatable bonds is 4. The molecule has 1 aromatic rings. The number of aliphatic hydroxyl groups is 1. The van der Waals surface area contributed by atoms with Crippen LogP contribution in [0.3, 0.4) is 0 Å². The third-order valence-electron chi connectivity index (χ3n) is 3.13. The molecule has 1 saturated carbocycles. The zero-order valence-electron chi connectivity index (χ0n) is 9.24. The van der Waals surface area contributed by atoms with Crippen molar-refractivity contribution in [1.82, 2.24) is 0 Å². The average molecular weight is 225 g/mol. The standard InChI is InChI=1S/C12H16FNO2/c1-16-11-6-12(7-11,8-15)14-10-4-2-9(13)3-5-10/h2-5,11,14-15H,6-8H2,1H3. The SMILES string of the molecule is COC1CC(CO)(Nc2ccc(F)cc2)C1. The maximum Gasteiger partial charge on any atom is 0.123 e. The van der Waals surface area contributed by atoms with Crippen molar-refractivity contribution in [3.63, 3.8) is 0 Å². The highest BCUT2D eigenvalue weighted by atomic mass is 19.1. The molecule has 0 unspecified atom stereocenters. The number of hydrogen-bond donors (Lipinski definition) is 2. The Labute approximate surface area is 94.2 Å². The van der Waals surface area contributed by atoms with Crippen LogP contribution in [0.15, 0.2) is 24.3 Å². The number of benzene rings is 1. The van der Waals surface area contributed by atoms with E-state index in [1.807, 2.05) is 0 Å². The number of methoxy groups -OCH3 is 1. The smallest absolute Gasteiger partial charge is 0.123 e. The quantitative estimate of drug-likeness (QED) is 0.820. The molecule has 1 aliphatic rings. The number of anilines is 1. The summed E-state index contributed by atoms with van der Waals surface area (Å²) in [5, 5.41) is 12.6. The Morgan fingerprint density at radius 1 is 1.44 bits per heavy atom. The van der Waals surface area contributed by atoms with Crippen LogP contribution in [0.25, 0.3) is 0 Å². The van der Waals surface area contributed by atoms with Crippen molar-refractivity contribution < 1.29 is 14.2 Å². The monoisotopic (exact) mass is 225 g/mol. The molecule has 4 heteroatoms. The van der Waals surface area contributed by atoms with Crippen molar-refractivity contribution >= 4 is 5.69 Å². The zero-order valence-corrected chi connectivity index (χ0v) is 9.24. The highest BCUT2D eigenvalue weighted by Crippen LogP contribution is 2.36. The lowest BCUT2D eigenvalue weighted by Crippen LogP contribution is -2.56. The molecule has 2 N–H and O–H groups in total. The summed E-state index contributed by atoms with van der Waals surface area (Å²) >= 11 is 0. The van der Waals surface area contributed by atoms with E-state index in [2.05, 4.69) is 5.32 Å². The number of aliphatic hydroxyl groups excluding tert-OH is 1. The van der Waals surface area contributed by atoms with Crippen LogP contribution in [0.4, 0.5) is 10.1 Å². The average Bonchev–Trinajstić information content (AvgIpc) is 2.26. The summed E-state index contributed by atoms with van der Waals surface area (Å²) in [6, 6.07) is 6.15. The summed E-state index contributed by atoms with van der Waals surface area (Å²) in [6.45, 7) is 0.0598. The van der Waals surface area contributed by atoms with Crippen molar-refractivity contribution in [2.24, 2.45) is 0 Å². The third kappa shape index (κ3) is 2.18. The number of ether oxygens (including phenoxy) is 1. The number of nitrogens with one attached hydrogen (secondary N) is 1. The van der Waals surface area contributed by atoms with Gasteiger partial charge in [0.05, 0.1) is 18.2 Å². The molecule has 0 atom stereocenters. The van der Waals surface area contributed by atoms with Crippen molar-refractivity contribution in [1.29, 1.82) is 0 Å². The van der Waals surface area contributed by atoms with Gasteiger partial charge < -0.3 is 15.2 Å². The molecule has 88 valence electrons. The Kier molecular flexibility index (Phi) is 3.12. The number of hydrogen-bond acceptors (Lipinski definition) is 3. The lowest BCUT2D eigenvalue weighted by atomic mass is 9.74. The summed E-state index contributed by atoms with van der Waals surface area (Å²) in [5.41, 5.74) is 0.517. The molecule has 0 aliphatic heterocycles. The van der Waals surface area contributed by atoms with E-state index in [1.165, 1.54) is 12.1 Å². The van der Waals surface area contributed by atoms with Crippen LogP contribution >= 0.6 is 0 Å². The van der Waals surface area contributed by atoms with Crippen molar-refractivity contribution in [2.45, 2.75) is 24.5 Å². The second kappa shape index (κ2) is 4.39. The fourth-order valence-corrected chi connectivity index (χ4v) is 2.09. The maximum absolute atomic E-state index is 12.7. The molecule has 1 aromatic carbocycles. The summed E-state index contributed by atoms with van der Waals surface area (Å²) in [4.78, 5) is 0. The first-order valence-electron chi connectivity index (χ1n) is 5.35.